The summed E-state index contributed by atoms with van der Waals surface area (Å²) in [7, 11) is 0. The van der Waals surface area contributed by atoms with Crippen molar-refractivity contribution < 1.29 is 22.7 Å². The molecule has 0 aromatic carbocycles. The first-order chi connectivity index (χ1) is 14.1. The smallest absolute Gasteiger partial charge is 0.422 e. The molecule has 0 saturated heterocycles. The zero-order valence-corrected chi connectivity index (χ0v) is 17.9. The zero-order chi connectivity index (χ0) is 21.5. The lowest BCUT2D eigenvalue weighted by Crippen LogP contribution is -2.27. The second kappa shape index (κ2) is 7.94. The Morgan fingerprint density at radius 1 is 1.20 bits per heavy atom. The van der Waals surface area contributed by atoms with Crippen molar-refractivity contribution in [3.63, 3.8) is 0 Å². The molecule has 4 rings (SSSR count). The molecular formula is C22H25F3N2O2S. The van der Waals surface area contributed by atoms with E-state index in [1.165, 1.54) is 12.3 Å². The van der Waals surface area contributed by atoms with Gasteiger partial charge < -0.3 is 4.74 Å². The van der Waals surface area contributed by atoms with Gasteiger partial charge in [0.05, 0.1) is 5.01 Å². The molecule has 0 spiro atoms. The maximum atomic E-state index is 13.1. The van der Waals surface area contributed by atoms with Gasteiger partial charge in [-0.2, -0.15) is 13.2 Å². The Morgan fingerprint density at radius 3 is 2.50 bits per heavy atom. The van der Waals surface area contributed by atoms with E-state index in [1.54, 1.807) is 11.3 Å². The number of rotatable bonds is 9. The highest BCUT2D eigenvalue weighted by atomic mass is 32.1. The highest BCUT2D eigenvalue weighted by Crippen LogP contribution is 2.46. The third kappa shape index (κ3) is 5.20. The molecule has 2 heterocycles. The molecule has 0 amide bonds. The van der Waals surface area contributed by atoms with Crippen molar-refractivity contribution in [2.75, 3.05) is 6.61 Å². The summed E-state index contributed by atoms with van der Waals surface area (Å²) in [6.07, 6.45) is 4.15. The van der Waals surface area contributed by atoms with Crippen LogP contribution in [-0.4, -0.2) is 28.5 Å². The second-order valence-corrected chi connectivity index (χ2v) is 10.1. The number of carbonyl (C=O) groups is 1. The van der Waals surface area contributed by atoms with Crippen LogP contribution in [0.1, 0.15) is 77.3 Å². The van der Waals surface area contributed by atoms with Crippen molar-refractivity contribution in [1.29, 1.82) is 0 Å². The lowest BCUT2D eigenvalue weighted by atomic mass is 9.80. The average Bonchev–Trinajstić information content (AvgIpc) is 3.59. The SMILES string of the molecule is Cc1cnc(C(C)(CC(=O)c2cc(OCC(F)(F)F)c(C3CC3)cn2)CC2CC2)s1. The molecule has 2 aliphatic rings. The number of alkyl halides is 3. The van der Waals surface area contributed by atoms with Crippen molar-refractivity contribution in [2.24, 2.45) is 5.92 Å². The summed E-state index contributed by atoms with van der Waals surface area (Å²) in [5.74, 6) is 0.707. The number of carbonyl (C=O) groups excluding carboxylic acids is 1. The molecule has 0 radical (unpaired) electrons. The Hall–Kier alpha value is -1.96. The van der Waals surface area contributed by atoms with Gasteiger partial charge in [-0.15, -0.1) is 11.3 Å². The summed E-state index contributed by atoms with van der Waals surface area (Å²) in [5, 5.41) is 0.934. The number of nitrogens with zero attached hydrogens (tertiary/aromatic N) is 2. The fourth-order valence-corrected chi connectivity index (χ4v) is 4.78. The average molecular weight is 439 g/mol. The number of Topliss-reactive ketones (excluding diaryl/α,β-unsaturated/α-hetero) is 1. The molecule has 1 unspecified atom stereocenters. The Morgan fingerprint density at radius 2 is 1.93 bits per heavy atom. The number of aryl methyl sites for hydroxylation is 1. The number of pyridine rings is 1. The molecule has 1 atom stereocenters. The van der Waals surface area contributed by atoms with Crippen LogP contribution in [0, 0.1) is 12.8 Å². The van der Waals surface area contributed by atoms with E-state index in [-0.39, 0.29) is 29.6 Å². The topological polar surface area (TPSA) is 52.1 Å². The number of thiazole rings is 1. The third-order valence-electron chi connectivity index (χ3n) is 5.71. The van der Waals surface area contributed by atoms with Crippen molar-refractivity contribution in [2.45, 2.75) is 69.9 Å². The minimum Gasteiger partial charge on any atom is -0.484 e. The van der Waals surface area contributed by atoms with Crippen molar-refractivity contribution in [1.82, 2.24) is 9.97 Å². The molecule has 0 aliphatic heterocycles. The molecule has 8 heteroatoms. The molecular weight excluding hydrogens is 413 g/mol. The Labute approximate surface area is 177 Å². The van der Waals surface area contributed by atoms with Crippen LogP contribution in [0.2, 0.25) is 0 Å². The minimum atomic E-state index is -4.43. The van der Waals surface area contributed by atoms with E-state index in [2.05, 4.69) is 16.9 Å². The van der Waals surface area contributed by atoms with Gasteiger partial charge >= 0.3 is 6.18 Å². The van der Waals surface area contributed by atoms with E-state index in [9.17, 15) is 18.0 Å². The normalized spacial score (nSPS) is 18.8. The number of hydrogen-bond donors (Lipinski definition) is 0. The highest BCUT2D eigenvalue weighted by molar-refractivity contribution is 7.11. The Kier molecular flexibility index (Phi) is 5.64. The van der Waals surface area contributed by atoms with Crippen LogP contribution in [0.25, 0.3) is 0 Å². The van der Waals surface area contributed by atoms with Gasteiger partial charge in [0.2, 0.25) is 0 Å². The van der Waals surface area contributed by atoms with E-state index >= 15 is 0 Å². The monoisotopic (exact) mass is 438 g/mol. The number of ether oxygens (including phenoxy) is 1. The van der Waals surface area contributed by atoms with Gasteiger partial charge in [0.1, 0.15) is 11.4 Å². The summed E-state index contributed by atoms with van der Waals surface area (Å²) in [6, 6.07) is 1.40. The summed E-state index contributed by atoms with van der Waals surface area (Å²) in [6.45, 7) is 2.67. The van der Waals surface area contributed by atoms with Crippen LogP contribution in [0.15, 0.2) is 18.5 Å². The molecule has 2 aromatic rings. The van der Waals surface area contributed by atoms with E-state index in [1.807, 2.05) is 13.1 Å². The number of aromatic nitrogens is 2. The molecule has 2 fully saturated rings. The maximum Gasteiger partial charge on any atom is 0.422 e. The first-order valence-electron chi connectivity index (χ1n) is 10.3. The third-order valence-corrected chi connectivity index (χ3v) is 6.93. The van der Waals surface area contributed by atoms with E-state index in [0.717, 1.165) is 42.0 Å². The van der Waals surface area contributed by atoms with Crippen LogP contribution in [0.4, 0.5) is 13.2 Å². The summed E-state index contributed by atoms with van der Waals surface area (Å²) in [4.78, 5) is 23.0. The van der Waals surface area contributed by atoms with Crippen LogP contribution in [0.5, 0.6) is 5.75 Å². The predicted octanol–water partition coefficient (Wildman–Crippen LogP) is 6.00. The molecule has 0 bridgehead atoms. The van der Waals surface area contributed by atoms with Gasteiger partial charge in [-0.25, -0.2) is 4.98 Å². The first kappa shape index (κ1) is 21.3. The van der Waals surface area contributed by atoms with E-state index in [4.69, 9.17) is 4.74 Å². The van der Waals surface area contributed by atoms with E-state index < -0.39 is 18.2 Å². The molecule has 4 nitrogen and oxygen atoms in total. The Balaban J connectivity index is 1.56. The Bertz CT molecular complexity index is 935. The van der Waals surface area contributed by atoms with Crippen LogP contribution >= 0.6 is 11.3 Å². The summed E-state index contributed by atoms with van der Waals surface area (Å²) >= 11 is 1.60. The zero-order valence-electron chi connectivity index (χ0n) is 17.1. The molecule has 2 aromatic heterocycles. The summed E-state index contributed by atoms with van der Waals surface area (Å²) < 4.78 is 43.1. The fourth-order valence-electron chi connectivity index (χ4n) is 3.86. The predicted molar refractivity (Wildman–Crippen MR) is 108 cm³/mol. The fraction of sp³-hybridized carbons (Fsp3) is 0.591. The van der Waals surface area contributed by atoms with Gasteiger partial charge in [0, 0.05) is 40.7 Å². The standard InChI is InChI=1S/C22H25F3N2O2S/c1-13-10-27-20(30-13)21(2,8-14-3-4-14)9-18(28)17-7-19(29-12-22(23,24)25)16(11-26-17)15-5-6-15/h7,10-11,14-15H,3-6,8-9,12H2,1-2H3. The summed E-state index contributed by atoms with van der Waals surface area (Å²) in [5.41, 5.74) is 0.417. The van der Waals surface area contributed by atoms with Gasteiger partial charge in [0.15, 0.2) is 12.4 Å². The van der Waals surface area contributed by atoms with E-state index in [0.29, 0.717) is 11.5 Å². The van der Waals surface area contributed by atoms with Crippen LogP contribution < -0.4 is 4.74 Å². The van der Waals surface area contributed by atoms with Crippen molar-refractivity contribution in [3.05, 3.63) is 39.6 Å². The molecule has 2 aliphatic carbocycles. The molecule has 2 saturated carbocycles. The highest BCUT2D eigenvalue weighted by Gasteiger charge is 2.39. The molecule has 30 heavy (non-hydrogen) atoms. The first-order valence-corrected chi connectivity index (χ1v) is 11.1. The number of halogens is 3. The molecule has 162 valence electrons. The number of hydrogen-bond acceptors (Lipinski definition) is 5. The van der Waals surface area contributed by atoms with Gasteiger partial charge in [-0.3, -0.25) is 9.78 Å². The quantitative estimate of drug-likeness (QED) is 0.451. The van der Waals surface area contributed by atoms with Crippen LogP contribution in [-0.2, 0) is 5.41 Å². The second-order valence-electron chi connectivity index (χ2n) is 8.87. The van der Waals surface area contributed by atoms with Gasteiger partial charge in [-0.05, 0) is 38.0 Å². The van der Waals surface area contributed by atoms with Crippen LogP contribution in [0.3, 0.4) is 0 Å². The lowest BCUT2D eigenvalue weighted by molar-refractivity contribution is -0.153. The largest absolute Gasteiger partial charge is 0.484 e. The van der Waals surface area contributed by atoms with Crippen molar-refractivity contribution in [3.8, 4) is 5.75 Å². The number of ketones is 1. The minimum absolute atomic E-state index is 0.127. The molecule has 0 N–H and O–H groups in total. The maximum absolute atomic E-state index is 13.1. The van der Waals surface area contributed by atoms with Crippen molar-refractivity contribution >= 4 is 17.1 Å². The van der Waals surface area contributed by atoms with Gasteiger partial charge in [-0.1, -0.05) is 19.8 Å². The lowest BCUT2D eigenvalue weighted by Gasteiger charge is -2.27. The van der Waals surface area contributed by atoms with Gasteiger partial charge in [0.25, 0.3) is 0 Å².